The zero-order valence-corrected chi connectivity index (χ0v) is 15.7. The van der Waals surface area contributed by atoms with Gasteiger partial charge in [0.2, 0.25) is 0 Å². The van der Waals surface area contributed by atoms with Crippen molar-refractivity contribution < 1.29 is 9.53 Å². The van der Waals surface area contributed by atoms with Gasteiger partial charge in [-0.3, -0.25) is 0 Å². The summed E-state index contributed by atoms with van der Waals surface area (Å²) >= 11 is 1.30. The summed E-state index contributed by atoms with van der Waals surface area (Å²) in [5.41, 5.74) is 8.18. The maximum atomic E-state index is 11.9. The Morgan fingerprint density at radius 3 is 2.29 bits per heavy atom. The first-order valence-electron chi connectivity index (χ1n) is 7.05. The molecule has 0 bridgehead atoms. The molecule has 0 aliphatic rings. The molecule has 0 fully saturated rings. The molecule has 0 saturated heterocycles. The normalized spacial score (nSPS) is 11.5. The van der Waals surface area contributed by atoms with Crippen molar-refractivity contribution in [2.45, 2.75) is 0 Å². The van der Waals surface area contributed by atoms with E-state index in [1.807, 2.05) is 60.7 Å². The van der Waals surface area contributed by atoms with E-state index in [1.54, 1.807) is 6.08 Å². The fourth-order valence-electron chi connectivity index (χ4n) is 1.85. The summed E-state index contributed by atoms with van der Waals surface area (Å²) in [5, 5.41) is 0.402. The Morgan fingerprint density at radius 2 is 1.71 bits per heavy atom. The fourth-order valence-corrected chi connectivity index (χ4v) is 2.53. The second-order valence-corrected chi connectivity index (χ2v) is 5.64. The first-order valence-corrected chi connectivity index (χ1v) is 8.03. The summed E-state index contributed by atoms with van der Waals surface area (Å²) in [4.78, 5) is 16.2. The van der Waals surface area contributed by atoms with Crippen molar-refractivity contribution in [3.05, 3.63) is 71.8 Å². The number of ether oxygens (including phenoxy) is 1. The van der Waals surface area contributed by atoms with Gasteiger partial charge in [0.05, 0.1) is 12.8 Å². The lowest BCUT2D eigenvalue weighted by molar-refractivity contribution is -0.135. The van der Waals surface area contributed by atoms with Gasteiger partial charge in [-0.1, -0.05) is 60.3 Å². The number of para-hydroxylation sites is 1. The highest BCUT2D eigenvalue weighted by atomic mass is 79.9. The quantitative estimate of drug-likeness (QED) is 0.349. The monoisotopic (exact) mass is 406 g/mol. The second-order valence-electron chi connectivity index (χ2n) is 4.65. The van der Waals surface area contributed by atoms with Crippen LogP contribution in [0.15, 0.2) is 71.2 Å². The molecule has 0 radical (unpaired) electrons. The summed E-state index contributed by atoms with van der Waals surface area (Å²) in [6.45, 7) is 0. The summed E-state index contributed by atoms with van der Waals surface area (Å²) < 4.78 is 4.83. The molecule has 2 aromatic carbocycles. The Morgan fingerprint density at radius 1 is 1.12 bits per heavy atom. The van der Waals surface area contributed by atoms with Crippen molar-refractivity contribution in [3.8, 4) is 0 Å². The first kappa shape index (κ1) is 20.0. The molecular weight excluding hydrogens is 388 g/mol. The molecular formula is C18H19BrN2O2S. The largest absolute Gasteiger partial charge is 0.466 e. The van der Waals surface area contributed by atoms with Gasteiger partial charge in [-0.25, -0.2) is 9.79 Å². The van der Waals surface area contributed by atoms with E-state index in [9.17, 15) is 4.79 Å². The molecule has 2 rings (SSSR count). The number of methoxy groups -OCH3 is 1. The van der Waals surface area contributed by atoms with Gasteiger partial charge in [0, 0.05) is 11.3 Å². The predicted molar refractivity (Wildman–Crippen MR) is 107 cm³/mol. The van der Waals surface area contributed by atoms with Crippen LogP contribution in [0.3, 0.4) is 0 Å². The van der Waals surface area contributed by atoms with Crippen molar-refractivity contribution in [2.24, 2.45) is 10.7 Å². The number of esters is 1. The number of nitrogens with two attached hydrogens (primary N) is 1. The van der Waals surface area contributed by atoms with Gasteiger partial charge < -0.3 is 10.5 Å². The van der Waals surface area contributed by atoms with E-state index in [1.165, 1.54) is 18.9 Å². The lowest BCUT2D eigenvalue weighted by atomic mass is 10.1. The maximum Gasteiger partial charge on any atom is 0.334 e. The molecule has 2 aromatic rings. The number of amidine groups is 1. The van der Waals surface area contributed by atoms with E-state index in [2.05, 4.69) is 4.99 Å². The molecule has 0 saturated carbocycles. The highest BCUT2D eigenvalue weighted by Crippen LogP contribution is 2.17. The van der Waals surface area contributed by atoms with Crippen LogP contribution in [0.4, 0.5) is 5.69 Å². The number of aliphatic imine (C=N–C) groups is 1. The van der Waals surface area contributed by atoms with Gasteiger partial charge >= 0.3 is 5.97 Å². The Bertz CT molecular complexity index is 703. The molecule has 126 valence electrons. The Hall–Kier alpha value is -2.05. The van der Waals surface area contributed by atoms with Crippen molar-refractivity contribution >= 4 is 51.6 Å². The average Bonchev–Trinajstić information content (AvgIpc) is 2.59. The number of hydrogen-bond acceptors (Lipinski definition) is 4. The van der Waals surface area contributed by atoms with Crippen molar-refractivity contribution in [3.63, 3.8) is 0 Å². The molecule has 0 aliphatic heterocycles. The highest BCUT2D eigenvalue weighted by molar-refractivity contribution is 8.93. The smallest absolute Gasteiger partial charge is 0.334 e. The van der Waals surface area contributed by atoms with Crippen LogP contribution in [0, 0.1) is 0 Å². The van der Waals surface area contributed by atoms with Gasteiger partial charge in [-0.15, -0.1) is 17.0 Å². The topological polar surface area (TPSA) is 64.7 Å². The zero-order chi connectivity index (χ0) is 16.5. The van der Waals surface area contributed by atoms with Crippen LogP contribution in [0.25, 0.3) is 6.08 Å². The molecule has 0 atom stereocenters. The van der Waals surface area contributed by atoms with Crippen LogP contribution < -0.4 is 5.73 Å². The van der Waals surface area contributed by atoms with E-state index < -0.39 is 0 Å². The molecule has 0 amide bonds. The number of nitrogens with zero attached hydrogens (tertiary/aromatic N) is 1. The van der Waals surface area contributed by atoms with Crippen LogP contribution in [-0.2, 0) is 9.53 Å². The summed E-state index contributed by atoms with van der Waals surface area (Å²) in [5.74, 6) is 0.0258. The number of halogens is 1. The first-order chi connectivity index (χ1) is 11.2. The Kier molecular flexibility index (Phi) is 8.89. The van der Waals surface area contributed by atoms with Crippen LogP contribution >= 0.6 is 28.7 Å². The third-order valence-electron chi connectivity index (χ3n) is 2.96. The molecule has 0 aliphatic carbocycles. The van der Waals surface area contributed by atoms with Crippen molar-refractivity contribution in [1.82, 2.24) is 0 Å². The third kappa shape index (κ3) is 6.60. The molecule has 2 N–H and O–H groups in total. The standard InChI is InChI=1S/C18H18N2O2S.BrH/c1-22-17(21)15(12-14-8-4-2-5-9-14)13-23-18(19)20-16-10-6-3-7-11-16;/h2-12H,13H2,1H3,(H2,19,20);1H/b15-12+;. The molecule has 0 aromatic heterocycles. The summed E-state index contributed by atoms with van der Waals surface area (Å²) in [6, 6.07) is 19.1. The minimum Gasteiger partial charge on any atom is -0.466 e. The molecule has 0 heterocycles. The highest BCUT2D eigenvalue weighted by Gasteiger charge is 2.11. The number of hydrogen-bond donors (Lipinski definition) is 1. The van der Waals surface area contributed by atoms with E-state index in [-0.39, 0.29) is 23.0 Å². The molecule has 6 heteroatoms. The number of thioether (sulfide) groups is 1. The maximum absolute atomic E-state index is 11.9. The van der Waals surface area contributed by atoms with Gasteiger partial charge in [0.25, 0.3) is 0 Å². The summed E-state index contributed by atoms with van der Waals surface area (Å²) in [6.07, 6.45) is 1.80. The second kappa shape index (κ2) is 10.7. The van der Waals surface area contributed by atoms with Gasteiger partial charge in [0.1, 0.15) is 0 Å². The molecule has 4 nitrogen and oxygen atoms in total. The average molecular weight is 407 g/mol. The molecule has 24 heavy (non-hydrogen) atoms. The van der Waals surface area contributed by atoms with Crippen LogP contribution in [0.2, 0.25) is 0 Å². The third-order valence-corrected chi connectivity index (χ3v) is 3.80. The Balaban J connectivity index is 0.00000288. The molecule has 0 unspecified atom stereocenters. The number of benzene rings is 2. The number of rotatable bonds is 5. The fraction of sp³-hybridized carbons (Fsp3) is 0.111. The lowest BCUT2D eigenvalue weighted by Crippen LogP contribution is -2.12. The van der Waals surface area contributed by atoms with Gasteiger partial charge in [0.15, 0.2) is 5.17 Å². The minimum atomic E-state index is -0.367. The number of carbonyl (C=O) groups excluding carboxylic acids is 1. The Labute approximate surface area is 156 Å². The predicted octanol–water partition coefficient (Wildman–Crippen LogP) is 4.20. The number of carbonyl (C=O) groups is 1. The van der Waals surface area contributed by atoms with E-state index in [4.69, 9.17) is 10.5 Å². The van der Waals surface area contributed by atoms with Gasteiger partial charge in [-0.05, 0) is 23.8 Å². The van der Waals surface area contributed by atoms with E-state index in [0.29, 0.717) is 16.5 Å². The van der Waals surface area contributed by atoms with Crippen molar-refractivity contribution in [1.29, 1.82) is 0 Å². The lowest BCUT2D eigenvalue weighted by Gasteiger charge is -2.06. The zero-order valence-electron chi connectivity index (χ0n) is 13.2. The molecule has 0 spiro atoms. The van der Waals surface area contributed by atoms with Crippen molar-refractivity contribution in [2.75, 3.05) is 12.9 Å². The summed E-state index contributed by atoms with van der Waals surface area (Å²) in [7, 11) is 1.37. The van der Waals surface area contributed by atoms with E-state index in [0.717, 1.165) is 11.3 Å². The SMILES string of the molecule is Br.COC(=O)/C(=C/c1ccccc1)CSC(N)=Nc1ccccc1. The van der Waals surface area contributed by atoms with Crippen LogP contribution in [0.5, 0.6) is 0 Å². The van der Waals surface area contributed by atoms with E-state index >= 15 is 0 Å². The van der Waals surface area contributed by atoms with Crippen LogP contribution in [0.1, 0.15) is 5.56 Å². The van der Waals surface area contributed by atoms with Gasteiger partial charge in [-0.2, -0.15) is 0 Å². The minimum absolute atomic E-state index is 0. The van der Waals surface area contributed by atoms with Crippen LogP contribution in [-0.4, -0.2) is 24.0 Å².